The number of rotatable bonds is 15. The zero-order valence-electron chi connectivity index (χ0n) is 26.4. The lowest BCUT2D eigenvalue weighted by molar-refractivity contribution is -0.384. The first-order valence-corrected chi connectivity index (χ1v) is 14.4. The number of ether oxygens (including phenoxy) is 4. The molecule has 15 heteroatoms. The lowest BCUT2D eigenvalue weighted by Crippen LogP contribution is -2.52. The second kappa shape index (κ2) is 17.9. The third kappa shape index (κ3) is 13.6. The molecule has 3 amide bonds. The van der Waals surface area contributed by atoms with Crippen molar-refractivity contribution < 1.29 is 47.8 Å². The Morgan fingerprint density at radius 3 is 1.93 bits per heavy atom. The van der Waals surface area contributed by atoms with E-state index in [0.29, 0.717) is 5.56 Å². The highest BCUT2D eigenvalue weighted by Gasteiger charge is 2.29. The Morgan fingerprint density at radius 2 is 1.35 bits per heavy atom. The smallest absolute Gasteiger partial charge is 0.408 e. The molecule has 0 aromatic heterocycles. The molecule has 0 saturated carbocycles. The molecule has 0 unspecified atom stereocenters. The second-order valence-electron chi connectivity index (χ2n) is 11.2. The van der Waals surface area contributed by atoms with Crippen molar-refractivity contribution in [2.45, 2.75) is 83.9 Å². The lowest BCUT2D eigenvalue weighted by Gasteiger charge is -2.24. The van der Waals surface area contributed by atoms with Crippen molar-refractivity contribution in [1.29, 1.82) is 0 Å². The van der Waals surface area contributed by atoms with Crippen LogP contribution in [0.5, 0.6) is 0 Å². The van der Waals surface area contributed by atoms with Gasteiger partial charge in [-0.1, -0.05) is 30.3 Å². The number of nitro benzene ring substituents is 1. The fourth-order valence-corrected chi connectivity index (χ4v) is 3.91. The first-order valence-electron chi connectivity index (χ1n) is 14.4. The van der Waals surface area contributed by atoms with Gasteiger partial charge in [0, 0.05) is 12.1 Å². The van der Waals surface area contributed by atoms with Crippen LogP contribution < -0.4 is 16.0 Å². The van der Waals surface area contributed by atoms with Gasteiger partial charge in [0.1, 0.15) is 36.9 Å². The van der Waals surface area contributed by atoms with E-state index in [1.54, 1.807) is 45.0 Å². The zero-order valence-corrected chi connectivity index (χ0v) is 26.4. The number of methoxy groups -OCH3 is 1. The Bertz CT molecular complexity index is 1340. The maximum absolute atomic E-state index is 13.2. The summed E-state index contributed by atoms with van der Waals surface area (Å²) in [5, 5.41) is 18.2. The van der Waals surface area contributed by atoms with Gasteiger partial charge in [0.15, 0.2) is 0 Å². The highest BCUT2D eigenvalue weighted by atomic mass is 16.6. The summed E-state index contributed by atoms with van der Waals surface area (Å²) in [5.41, 5.74) is 0.273. The topological polar surface area (TPSA) is 201 Å². The number of hydrogen-bond acceptors (Lipinski definition) is 11. The molecular weight excluding hydrogens is 604 g/mol. The number of esters is 2. The fraction of sp³-hybridized carbons (Fsp3) is 0.452. The highest BCUT2D eigenvalue weighted by Crippen LogP contribution is 2.14. The predicted octanol–water partition coefficient (Wildman–Crippen LogP) is 3.67. The summed E-state index contributed by atoms with van der Waals surface area (Å²) in [7, 11) is 1.16. The van der Waals surface area contributed by atoms with Gasteiger partial charge >= 0.3 is 24.1 Å². The van der Waals surface area contributed by atoms with E-state index in [9.17, 15) is 34.1 Å². The largest absolute Gasteiger partial charge is 0.467 e. The lowest BCUT2D eigenvalue weighted by atomic mass is 10.0. The zero-order chi connectivity index (χ0) is 34.3. The van der Waals surface area contributed by atoms with Crippen LogP contribution in [0.15, 0.2) is 54.6 Å². The number of nitro groups is 1. The molecule has 250 valence electrons. The van der Waals surface area contributed by atoms with Crippen molar-refractivity contribution in [3.05, 3.63) is 75.8 Å². The second-order valence-corrected chi connectivity index (χ2v) is 11.2. The van der Waals surface area contributed by atoms with Crippen LogP contribution in [0.4, 0.5) is 15.3 Å². The Hall–Kier alpha value is -5.21. The van der Waals surface area contributed by atoms with Gasteiger partial charge in [0.05, 0.1) is 12.0 Å². The van der Waals surface area contributed by atoms with Gasteiger partial charge < -0.3 is 34.9 Å². The average molecular weight is 645 g/mol. The van der Waals surface area contributed by atoms with Gasteiger partial charge in [0.25, 0.3) is 5.69 Å². The van der Waals surface area contributed by atoms with E-state index in [0.717, 1.165) is 12.7 Å². The van der Waals surface area contributed by atoms with Gasteiger partial charge in [-0.15, -0.1) is 0 Å². The highest BCUT2D eigenvalue weighted by molar-refractivity contribution is 5.89. The molecule has 46 heavy (non-hydrogen) atoms. The number of non-ortho nitro benzene ring substituents is 1. The van der Waals surface area contributed by atoms with Crippen molar-refractivity contribution in [2.24, 2.45) is 0 Å². The van der Waals surface area contributed by atoms with E-state index in [1.165, 1.54) is 31.2 Å². The van der Waals surface area contributed by atoms with E-state index in [2.05, 4.69) is 16.0 Å². The van der Waals surface area contributed by atoms with Crippen molar-refractivity contribution in [3.8, 4) is 0 Å². The number of benzene rings is 2. The van der Waals surface area contributed by atoms with Crippen LogP contribution >= 0.6 is 0 Å². The molecule has 0 bridgehead atoms. The van der Waals surface area contributed by atoms with Crippen LogP contribution in [0.3, 0.4) is 0 Å². The average Bonchev–Trinajstić information content (AvgIpc) is 3.00. The summed E-state index contributed by atoms with van der Waals surface area (Å²) in [5.74, 6) is -2.25. The summed E-state index contributed by atoms with van der Waals surface area (Å²) in [6.45, 7) is 6.12. The molecule has 0 saturated heterocycles. The monoisotopic (exact) mass is 644 g/mol. The molecule has 0 spiro atoms. The summed E-state index contributed by atoms with van der Waals surface area (Å²) >= 11 is 0. The maximum atomic E-state index is 13.2. The predicted molar refractivity (Wildman–Crippen MR) is 163 cm³/mol. The summed E-state index contributed by atoms with van der Waals surface area (Å²) < 4.78 is 20.5. The molecule has 0 heterocycles. The Morgan fingerprint density at radius 1 is 0.783 bits per heavy atom. The standard InChI is InChI=1S/C31H40N4O11/c1-20(27(37)44-18-22-14-16-23(17-15-22)35(41)42)32-26(36)24(33-30(40)46-31(2,3)4)12-9-13-25(28(38)43-5)34-29(39)45-19-21-10-7-6-8-11-21/h6-8,10-11,14-17,20,24-25H,9,12-13,18-19H2,1-5H3,(H,32,36)(H,33,40)(H,34,39)/t20-,24+,25-/m1/s1. The van der Waals surface area contributed by atoms with E-state index in [4.69, 9.17) is 18.9 Å². The first kappa shape index (κ1) is 37.0. The third-order valence-electron chi connectivity index (χ3n) is 6.22. The van der Waals surface area contributed by atoms with E-state index < -0.39 is 58.7 Å². The normalized spacial score (nSPS) is 12.8. The van der Waals surface area contributed by atoms with Crippen molar-refractivity contribution in [2.75, 3.05) is 7.11 Å². The molecule has 2 aromatic carbocycles. The Labute approximate surface area is 266 Å². The van der Waals surface area contributed by atoms with Crippen molar-refractivity contribution in [1.82, 2.24) is 16.0 Å². The number of nitrogens with one attached hydrogen (secondary N) is 3. The minimum absolute atomic E-state index is 0.0100. The van der Waals surface area contributed by atoms with Crippen LogP contribution in [0.1, 0.15) is 58.1 Å². The van der Waals surface area contributed by atoms with Crippen LogP contribution in [0.25, 0.3) is 0 Å². The molecule has 0 aliphatic rings. The number of carbonyl (C=O) groups is 5. The van der Waals surface area contributed by atoms with Crippen LogP contribution in [-0.2, 0) is 46.5 Å². The summed E-state index contributed by atoms with van der Waals surface area (Å²) in [6.07, 6.45) is -1.57. The van der Waals surface area contributed by atoms with Gasteiger partial charge in [-0.05, 0) is 70.2 Å². The van der Waals surface area contributed by atoms with E-state index in [-0.39, 0.29) is 38.2 Å². The molecule has 0 aliphatic heterocycles. The van der Waals surface area contributed by atoms with Crippen molar-refractivity contribution in [3.63, 3.8) is 0 Å². The minimum atomic E-state index is -1.19. The van der Waals surface area contributed by atoms with E-state index >= 15 is 0 Å². The van der Waals surface area contributed by atoms with Gasteiger partial charge in [-0.25, -0.2) is 19.2 Å². The number of amides is 3. The van der Waals surface area contributed by atoms with Gasteiger partial charge in [0.2, 0.25) is 5.91 Å². The van der Waals surface area contributed by atoms with Crippen LogP contribution in [0, 0.1) is 10.1 Å². The third-order valence-corrected chi connectivity index (χ3v) is 6.22. The summed E-state index contributed by atoms with van der Waals surface area (Å²) in [6, 6.07) is 10.9. The molecule has 0 fully saturated rings. The number of hydrogen-bond donors (Lipinski definition) is 3. The van der Waals surface area contributed by atoms with Crippen LogP contribution in [-0.4, -0.2) is 65.8 Å². The molecule has 0 aliphatic carbocycles. The number of carbonyl (C=O) groups excluding carboxylic acids is 5. The molecule has 2 rings (SSSR count). The molecule has 0 radical (unpaired) electrons. The Kier molecular flexibility index (Phi) is 14.4. The minimum Gasteiger partial charge on any atom is -0.467 e. The first-order chi connectivity index (χ1) is 21.7. The van der Waals surface area contributed by atoms with Gasteiger partial charge in [-0.3, -0.25) is 14.9 Å². The maximum Gasteiger partial charge on any atom is 0.408 e. The molecular formula is C31H40N4O11. The van der Waals surface area contributed by atoms with E-state index in [1.807, 2.05) is 6.07 Å². The molecule has 2 aromatic rings. The molecule has 3 atom stereocenters. The molecule has 15 nitrogen and oxygen atoms in total. The van der Waals surface area contributed by atoms with Gasteiger partial charge in [-0.2, -0.15) is 0 Å². The van der Waals surface area contributed by atoms with Crippen LogP contribution in [0.2, 0.25) is 0 Å². The Balaban J connectivity index is 2.00. The van der Waals surface area contributed by atoms with Crippen molar-refractivity contribution >= 4 is 35.7 Å². The summed E-state index contributed by atoms with van der Waals surface area (Å²) in [4.78, 5) is 73.2. The SMILES string of the molecule is COC(=O)[C@@H](CCC[C@H](NC(=O)OC(C)(C)C)C(=O)N[C@H](C)C(=O)OCc1ccc([N+](=O)[O-])cc1)NC(=O)OCc1ccccc1. The molecule has 3 N–H and O–H groups in total. The fourth-order valence-electron chi connectivity index (χ4n) is 3.91. The number of nitrogens with zero attached hydrogens (tertiary/aromatic N) is 1. The number of alkyl carbamates (subject to hydrolysis) is 2. The quantitative estimate of drug-likeness (QED) is 0.110.